The zero-order valence-corrected chi connectivity index (χ0v) is 11.5. The van der Waals surface area contributed by atoms with Gasteiger partial charge < -0.3 is 10.6 Å². The predicted molar refractivity (Wildman–Crippen MR) is 75.8 cm³/mol. The van der Waals surface area contributed by atoms with Crippen LogP contribution in [0.15, 0.2) is 18.2 Å². The van der Waals surface area contributed by atoms with E-state index in [2.05, 4.69) is 10.6 Å². The van der Waals surface area contributed by atoms with E-state index in [9.17, 15) is 14.9 Å². The van der Waals surface area contributed by atoms with E-state index in [0.29, 0.717) is 18.2 Å². The highest BCUT2D eigenvalue weighted by atomic mass is 16.6. The Hall–Kier alpha value is -1.95. The Labute approximate surface area is 117 Å². The first-order chi connectivity index (χ1) is 9.59. The molecular formula is C14H19N3O3. The number of hydrogen-bond acceptors (Lipinski definition) is 4. The van der Waals surface area contributed by atoms with Gasteiger partial charge in [0.05, 0.1) is 4.92 Å². The third-order valence-corrected chi connectivity index (χ3v) is 3.61. The number of rotatable bonds is 5. The maximum Gasteiger partial charge on any atom is 0.285 e. The summed E-state index contributed by atoms with van der Waals surface area (Å²) in [6.07, 6.45) is 3.15. The Balaban J connectivity index is 1.98. The van der Waals surface area contributed by atoms with Crippen molar-refractivity contribution in [1.82, 2.24) is 10.6 Å². The standard InChI is InChI=1S/C14H19N3O3/c1-10-4-2-6-12(13(10)17(19)20)14(18)16-9-7-11-5-3-8-15-11/h2,4,6,11,15H,3,5,7-9H2,1H3,(H,16,18)/t11-/m0/s1. The Kier molecular flexibility index (Phi) is 4.68. The van der Waals surface area contributed by atoms with Crippen LogP contribution in [0.2, 0.25) is 0 Å². The van der Waals surface area contributed by atoms with Crippen LogP contribution in [0.25, 0.3) is 0 Å². The van der Waals surface area contributed by atoms with Gasteiger partial charge in [-0.3, -0.25) is 14.9 Å². The third kappa shape index (κ3) is 3.33. The Bertz CT molecular complexity index is 510. The van der Waals surface area contributed by atoms with Gasteiger partial charge in [-0.25, -0.2) is 0 Å². The number of aryl methyl sites for hydroxylation is 1. The van der Waals surface area contributed by atoms with Crippen molar-refractivity contribution in [1.29, 1.82) is 0 Å². The van der Waals surface area contributed by atoms with Gasteiger partial charge in [-0.2, -0.15) is 0 Å². The molecule has 0 spiro atoms. The van der Waals surface area contributed by atoms with Crippen LogP contribution in [0.4, 0.5) is 5.69 Å². The lowest BCUT2D eigenvalue weighted by molar-refractivity contribution is -0.385. The number of hydrogen-bond donors (Lipinski definition) is 2. The second kappa shape index (κ2) is 6.47. The van der Waals surface area contributed by atoms with Gasteiger partial charge in [-0.1, -0.05) is 12.1 Å². The van der Waals surface area contributed by atoms with Gasteiger partial charge in [-0.15, -0.1) is 0 Å². The normalized spacial score (nSPS) is 17.9. The molecular weight excluding hydrogens is 258 g/mol. The average molecular weight is 277 g/mol. The van der Waals surface area contributed by atoms with Gasteiger partial charge in [0.15, 0.2) is 0 Å². The lowest BCUT2D eigenvalue weighted by Gasteiger charge is -2.11. The van der Waals surface area contributed by atoms with Crippen molar-refractivity contribution >= 4 is 11.6 Å². The SMILES string of the molecule is Cc1cccc(C(=O)NCC[C@@H]2CCCN2)c1[N+](=O)[O-]. The first kappa shape index (κ1) is 14.5. The number of nitrogens with zero attached hydrogens (tertiary/aromatic N) is 1. The summed E-state index contributed by atoms with van der Waals surface area (Å²) in [6, 6.07) is 5.24. The fourth-order valence-corrected chi connectivity index (χ4v) is 2.54. The van der Waals surface area contributed by atoms with E-state index in [4.69, 9.17) is 0 Å². The fraction of sp³-hybridized carbons (Fsp3) is 0.500. The molecule has 1 atom stereocenters. The first-order valence-electron chi connectivity index (χ1n) is 6.85. The molecule has 1 fully saturated rings. The Morgan fingerprint density at radius 2 is 2.35 bits per heavy atom. The zero-order chi connectivity index (χ0) is 14.5. The maximum absolute atomic E-state index is 12.1. The van der Waals surface area contributed by atoms with E-state index in [0.717, 1.165) is 19.4 Å². The first-order valence-corrected chi connectivity index (χ1v) is 6.85. The highest BCUT2D eigenvalue weighted by Gasteiger charge is 2.22. The van der Waals surface area contributed by atoms with Crippen LogP contribution in [0.5, 0.6) is 0 Å². The molecule has 0 saturated carbocycles. The minimum absolute atomic E-state index is 0.107. The molecule has 1 saturated heterocycles. The number of para-hydroxylation sites is 1. The van der Waals surface area contributed by atoms with Gasteiger partial charge >= 0.3 is 0 Å². The molecule has 0 bridgehead atoms. The number of amides is 1. The van der Waals surface area contributed by atoms with E-state index < -0.39 is 4.92 Å². The maximum atomic E-state index is 12.1. The van der Waals surface area contributed by atoms with Crippen molar-refractivity contribution in [2.24, 2.45) is 0 Å². The monoisotopic (exact) mass is 277 g/mol. The molecule has 6 nitrogen and oxygen atoms in total. The highest BCUT2D eigenvalue weighted by molar-refractivity contribution is 5.98. The van der Waals surface area contributed by atoms with E-state index in [1.165, 1.54) is 12.5 Å². The minimum Gasteiger partial charge on any atom is -0.352 e. The largest absolute Gasteiger partial charge is 0.352 e. The van der Waals surface area contributed by atoms with Gasteiger partial charge in [0.2, 0.25) is 0 Å². The summed E-state index contributed by atoms with van der Waals surface area (Å²) >= 11 is 0. The molecule has 1 aliphatic rings. The zero-order valence-electron chi connectivity index (χ0n) is 11.5. The molecule has 1 aromatic rings. The number of carbonyl (C=O) groups is 1. The summed E-state index contributed by atoms with van der Waals surface area (Å²) in [5.41, 5.74) is 0.526. The molecule has 2 N–H and O–H groups in total. The van der Waals surface area contributed by atoms with Crippen LogP contribution in [0.3, 0.4) is 0 Å². The topological polar surface area (TPSA) is 84.3 Å². The minimum atomic E-state index is -0.497. The van der Waals surface area contributed by atoms with Crippen LogP contribution >= 0.6 is 0 Å². The van der Waals surface area contributed by atoms with Crippen LogP contribution in [-0.4, -0.2) is 30.0 Å². The number of nitrogens with one attached hydrogen (secondary N) is 2. The molecule has 0 aromatic heterocycles. The predicted octanol–water partition coefficient (Wildman–Crippen LogP) is 1.78. The lowest BCUT2D eigenvalue weighted by atomic mass is 10.1. The quantitative estimate of drug-likeness (QED) is 0.634. The summed E-state index contributed by atoms with van der Waals surface area (Å²) in [4.78, 5) is 22.6. The van der Waals surface area contributed by atoms with Crippen molar-refractivity contribution in [3.63, 3.8) is 0 Å². The molecule has 0 unspecified atom stereocenters. The molecule has 20 heavy (non-hydrogen) atoms. The van der Waals surface area contributed by atoms with Gasteiger partial charge in [0, 0.05) is 18.2 Å². The molecule has 0 radical (unpaired) electrons. The van der Waals surface area contributed by atoms with Gasteiger partial charge in [0.25, 0.3) is 11.6 Å². The van der Waals surface area contributed by atoms with Crippen LogP contribution in [0.1, 0.15) is 35.2 Å². The van der Waals surface area contributed by atoms with Gasteiger partial charge in [0.1, 0.15) is 5.56 Å². The molecule has 2 rings (SSSR count). The molecule has 6 heteroatoms. The van der Waals surface area contributed by atoms with E-state index in [-0.39, 0.29) is 17.2 Å². The van der Waals surface area contributed by atoms with Crippen molar-refractivity contribution in [2.75, 3.05) is 13.1 Å². The number of carbonyl (C=O) groups excluding carboxylic acids is 1. The molecule has 1 heterocycles. The summed E-state index contributed by atoms with van der Waals surface area (Å²) in [5.74, 6) is -0.376. The lowest BCUT2D eigenvalue weighted by Crippen LogP contribution is -2.31. The molecule has 1 aliphatic heterocycles. The van der Waals surface area contributed by atoms with E-state index in [1.807, 2.05) is 0 Å². The van der Waals surface area contributed by atoms with Crippen molar-refractivity contribution < 1.29 is 9.72 Å². The molecule has 0 aliphatic carbocycles. The average Bonchev–Trinajstić information content (AvgIpc) is 2.91. The summed E-state index contributed by atoms with van der Waals surface area (Å²) < 4.78 is 0. The Morgan fingerprint density at radius 1 is 1.55 bits per heavy atom. The summed E-state index contributed by atoms with van der Waals surface area (Å²) in [5, 5.41) is 17.2. The second-order valence-corrected chi connectivity index (χ2v) is 5.07. The number of benzene rings is 1. The van der Waals surface area contributed by atoms with E-state index >= 15 is 0 Å². The van der Waals surface area contributed by atoms with Crippen molar-refractivity contribution in [2.45, 2.75) is 32.2 Å². The van der Waals surface area contributed by atoms with Crippen LogP contribution in [0, 0.1) is 17.0 Å². The second-order valence-electron chi connectivity index (χ2n) is 5.07. The highest BCUT2D eigenvalue weighted by Crippen LogP contribution is 2.22. The Morgan fingerprint density at radius 3 is 3.00 bits per heavy atom. The molecule has 1 amide bonds. The summed E-state index contributed by atoms with van der Waals surface area (Å²) in [6.45, 7) is 3.20. The van der Waals surface area contributed by atoms with Crippen LogP contribution in [-0.2, 0) is 0 Å². The fourth-order valence-electron chi connectivity index (χ4n) is 2.54. The number of nitro groups is 1. The smallest absolute Gasteiger partial charge is 0.285 e. The molecule has 1 aromatic carbocycles. The van der Waals surface area contributed by atoms with Crippen molar-refractivity contribution in [3.05, 3.63) is 39.4 Å². The van der Waals surface area contributed by atoms with Crippen LogP contribution < -0.4 is 10.6 Å². The molecule has 108 valence electrons. The van der Waals surface area contributed by atoms with Gasteiger partial charge in [-0.05, 0) is 38.8 Å². The van der Waals surface area contributed by atoms with Crippen molar-refractivity contribution in [3.8, 4) is 0 Å². The summed E-state index contributed by atoms with van der Waals surface area (Å²) in [7, 11) is 0. The number of nitro benzene ring substituents is 1. The van der Waals surface area contributed by atoms with E-state index in [1.54, 1.807) is 19.1 Å². The third-order valence-electron chi connectivity index (χ3n) is 3.61.